The third kappa shape index (κ3) is 3.41. The van der Waals surface area contributed by atoms with Crippen molar-refractivity contribution in [1.82, 2.24) is 9.21 Å². The highest BCUT2D eigenvalue weighted by Crippen LogP contribution is 2.46. The van der Waals surface area contributed by atoms with Crippen LogP contribution >= 0.6 is 0 Å². The number of fused-ring (bicyclic) bond motifs is 1. The lowest BCUT2D eigenvalue weighted by Gasteiger charge is -2.35. The van der Waals surface area contributed by atoms with Gasteiger partial charge in [-0.1, -0.05) is 49.6 Å². The van der Waals surface area contributed by atoms with Crippen molar-refractivity contribution in [3.8, 4) is 0 Å². The first-order chi connectivity index (χ1) is 12.8. The molecular weight excluding hydrogens is 364 g/mol. The van der Waals surface area contributed by atoms with Crippen LogP contribution in [0.1, 0.15) is 43.7 Å². The third-order valence-electron chi connectivity index (χ3n) is 6.55. The Labute approximate surface area is 161 Å². The molecule has 6 nitrogen and oxygen atoms in total. The smallest absolute Gasteiger partial charge is 0.254 e. The highest BCUT2D eigenvalue weighted by Gasteiger charge is 2.53. The van der Waals surface area contributed by atoms with Crippen LogP contribution in [-0.2, 0) is 14.8 Å². The average molecular weight is 393 g/mol. The molecule has 1 aliphatic carbocycles. The molecule has 2 aliphatic heterocycles. The minimum Gasteiger partial charge on any atom is -0.380 e. The maximum absolute atomic E-state index is 13.0. The van der Waals surface area contributed by atoms with Gasteiger partial charge >= 0.3 is 0 Å². The number of rotatable bonds is 3. The van der Waals surface area contributed by atoms with Crippen molar-refractivity contribution in [2.24, 2.45) is 11.8 Å². The number of likely N-dealkylation sites (tertiary alicyclic amines) is 1. The lowest BCUT2D eigenvalue weighted by Crippen LogP contribution is -2.50. The van der Waals surface area contributed by atoms with E-state index in [4.69, 9.17) is 0 Å². The van der Waals surface area contributed by atoms with Crippen molar-refractivity contribution in [1.29, 1.82) is 0 Å². The topological polar surface area (TPSA) is 77.9 Å². The maximum Gasteiger partial charge on any atom is 0.254 e. The van der Waals surface area contributed by atoms with Gasteiger partial charge < -0.3 is 10.0 Å². The lowest BCUT2D eigenvalue weighted by molar-refractivity contribution is -0.154. The van der Waals surface area contributed by atoms with Crippen LogP contribution < -0.4 is 0 Å². The Hall–Kier alpha value is -1.44. The van der Waals surface area contributed by atoms with Crippen molar-refractivity contribution in [3.63, 3.8) is 0 Å². The number of nitrogens with zero attached hydrogens (tertiary/aromatic N) is 2. The molecule has 0 aromatic heterocycles. The lowest BCUT2D eigenvalue weighted by atomic mass is 9.84. The highest BCUT2D eigenvalue weighted by atomic mass is 32.2. The Bertz CT molecular complexity index is 805. The summed E-state index contributed by atoms with van der Waals surface area (Å²) in [4.78, 5) is 14.8. The number of aliphatic hydroxyl groups is 1. The van der Waals surface area contributed by atoms with E-state index in [0.717, 1.165) is 24.8 Å². The predicted octanol–water partition coefficient (Wildman–Crippen LogP) is 1.77. The number of carbonyl (C=O) groups is 1. The van der Waals surface area contributed by atoms with E-state index in [1.54, 1.807) is 9.21 Å². The minimum absolute atomic E-state index is 0.0678. The maximum atomic E-state index is 13.0. The second-order valence-electron chi connectivity index (χ2n) is 8.41. The molecule has 2 heterocycles. The fraction of sp³-hybridized carbons (Fsp3) is 0.650. The fourth-order valence-electron chi connectivity index (χ4n) is 5.22. The van der Waals surface area contributed by atoms with Crippen LogP contribution in [0.2, 0.25) is 0 Å². The standard InChI is InChI=1S/C20H28N2O4S/c1-27(25,26)22-13-16-12-21(19(23)20(24)10-6-3-7-11-20)14-17(16)18(22)15-8-4-2-5-9-15/h2,4-5,8-9,16-18,24H,3,6-7,10-14H2,1H3/t16-,17-,18+/m1/s1. The summed E-state index contributed by atoms with van der Waals surface area (Å²) < 4.78 is 26.3. The molecule has 0 bridgehead atoms. The summed E-state index contributed by atoms with van der Waals surface area (Å²) in [5.41, 5.74) is -0.253. The van der Waals surface area contributed by atoms with Crippen LogP contribution in [0.5, 0.6) is 0 Å². The number of hydrogen-bond donors (Lipinski definition) is 1. The van der Waals surface area contributed by atoms with Crippen molar-refractivity contribution < 1.29 is 18.3 Å². The molecule has 3 aliphatic rings. The van der Waals surface area contributed by atoms with Gasteiger partial charge in [0.25, 0.3) is 5.91 Å². The quantitative estimate of drug-likeness (QED) is 0.850. The number of carbonyl (C=O) groups excluding carboxylic acids is 1. The van der Waals surface area contributed by atoms with E-state index >= 15 is 0 Å². The van der Waals surface area contributed by atoms with Gasteiger partial charge in [-0.25, -0.2) is 8.42 Å². The Balaban J connectivity index is 1.58. The van der Waals surface area contributed by atoms with Gasteiger partial charge in [0.1, 0.15) is 5.60 Å². The summed E-state index contributed by atoms with van der Waals surface area (Å²) in [5.74, 6) is 0.0219. The summed E-state index contributed by atoms with van der Waals surface area (Å²) in [5, 5.41) is 10.8. The van der Waals surface area contributed by atoms with Crippen molar-refractivity contribution in [3.05, 3.63) is 35.9 Å². The monoisotopic (exact) mass is 392 g/mol. The van der Waals surface area contributed by atoms with Gasteiger partial charge in [-0.3, -0.25) is 4.79 Å². The molecule has 7 heteroatoms. The molecule has 3 fully saturated rings. The Morgan fingerprint density at radius 2 is 1.74 bits per heavy atom. The molecule has 0 spiro atoms. The molecule has 0 radical (unpaired) electrons. The Kier molecular flexibility index (Phi) is 4.81. The summed E-state index contributed by atoms with van der Waals surface area (Å²) in [6.07, 6.45) is 5.18. The van der Waals surface area contributed by atoms with Crippen LogP contribution in [0.4, 0.5) is 0 Å². The normalized spacial score (nSPS) is 31.0. The van der Waals surface area contributed by atoms with E-state index in [0.29, 0.717) is 32.5 Å². The number of sulfonamides is 1. The molecule has 3 atom stereocenters. The average Bonchev–Trinajstić information content (AvgIpc) is 3.20. The van der Waals surface area contributed by atoms with Gasteiger partial charge in [-0.2, -0.15) is 4.31 Å². The molecule has 1 aromatic rings. The first kappa shape index (κ1) is 18.9. The van der Waals surface area contributed by atoms with Gasteiger partial charge in [0.2, 0.25) is 10.0 Å². The van der Waals surface area contributed by atoms with E-state index in [2.05, 4.69) is 0 Å². The molecule has 0 unspecified atom stereocenters. The second kappa shape index (κ2) is 6.87. The van der Waals surface area contributed by atoms with E-state index in [9.17, 15) is 18.3 Å². The van der Waals surface area contributed by atoms with Crippen LogP contribution in [0, 0.1) is 11.8 Å². The van der Waals surface area contributed by atoms with E-state index in [1.807, 2.05) is 30.3 Å². The molecule has 1 saturated carbocycles. The number of amides is 1. The van der Waals surface area contributed by atoms with Crippen LogP contribution in [0.15, 0.2) is 30.3 Å². The second-order valence-corrected chi connectivity index (χ2v) is 10.3. The van der Waals surface area contributed by atoms with Crippen LogP contribution in [-0.4, -0.2) is 60.1 Å². The van der Waals surface area contributed by atoms with Crippen molar-refractivity contribution in [2.75, 3.05) is 25.9 Å². The Morgan fingerprint density at radius 3 is 2.37 bits per heavy atom. The first-order valence-corrected chi connectivity index (χ1v) is 11.7. The highest BCUT2D eigenvalue weighted by molar-refractivity contribution is 7.88. The molecule has 148 valence electrons. The number of hydrogen-bond acceptors (Lipinski definition) is 4. The summed E-state index contributed by atoms with van der Waals surface area (Å²) in [6, 6.07) is 9.45. The van der Waals surface area contributed by atoms with Gasteiger partial charge in [0.05, 0.1) is 12.3 Å². The van der Waals surface area contributed by atoms with E-state index in [1.165, 1.54) is 6.26 Å². The van der Waals surface area contributed by atoms with Crippen LogP contribution in [0.3, 0.4) is 0 Å². The van der Waals surface area contributed by atoms with Gasteiger partial charge in [0.15, 0.2) is 0 Å². The molecule has 2 saturated heterocycles. The van der Waals surface area contributed by atoms with E-state index < -0.39 is 15.6 Å². The zero-order valence-corrected chi connectivity index (χ0v) is 16.6. The summed E-state index contributed by atoms with van der Waals surface area (Å²) in [6.45, 7) is 1.48. The van der Waals surface area contributed by atoms with Crippen LogP contribution in [0.25, 0.3) is 0 Å². The molecule has 1 N–H and O–H groups in total. The van der Waals surface area contributed by atoms with E-state index in [-0.39, 0.29) is 23.8 Å². The van der Waals surface area contributed by atoms with Gasteiger partial charge in [-0.15, -0.1) is 0 Å². The first-order valence-electron chi connectivity index (χ1n) is 9.83. The molecule has 1 aromatic carbocycles. The molecule has 1 amide bonds. The Morgan fingerprint density at radius 1 is 1.07 bits per heavy atom. The fourth-order valence-corrected chi connectivity index (χ4v) is 6.37. The van der Waals surface area contributed by atoms with Gasteiger partial charge in [-0.05, 0) is 24.3 Å². The molecule has 27 heavy (non-hydrogen) atoms. The van der Waals surface area contributed by atoms with Gasteiger partial charge in [0, 0.05) is 25.6 Å². The number of benzene rings is 1. The molecular formula is C20H28N2O4S. The van der Waals surface area contributed by atoms with Crippen molar-refractivity contribution in [2.45, 2.75) is 43.7 Å². The van der Waals surface area contributed by atoms with Crippen molar-refractivity contribution >= 4 is 15.9 Å². The minimum atomic E-state index is -3.33. The zero-order valence-electron chi connectivity index (χ0n) is 15.8. The third-order valence-corrected chi connectivity index (χ3v) is 7.78. The largest absolute Gasteiger partial charge is 0.380 e. The zero-order chi connectivity index (χ0) is 19.2. The SMILES string of the molecule is CS(=O)(=O)N1C[C@H]2CN(C(=O)C3(O)CCCCC3)C[C@H]2[C@@H]1c1ccccc1. The summed E-state index contributed by atoms with van der Waals surface area (Å²) >= 11 is 0. The summed E-state index contributed by atoms with van der Waals surface area (Å²) in [7, 11) is -3.33. The molecule has 4 rings (SSSR count). The predicted molar refractivity (Wildman–Crippen MR) is 102 cm³/mol.